The first-order valence-electron chi connectivity index (χ1n) is 7.06. The van der Waals surface area contributed by atoms with Crippen LogP contribution in [0.2, 0.25) is 0 Å². The maximum atomic E-state index is 11.6. The topological polar surface area (TPSA) is 17.1 Å². The number of carbonyl (C=O) groups is 1. The fourth-order valence-corrected chi connectivity index (χ4v) is 3.58. The fraction of sp³-hybridized carbons (Fsp3) is 0.278. The van der Waals surface area contributed by atoms with Gasteiger partial charge >= 0.3 is 0 Å². The molecular weight excluding hydrogens is 232 g/mol. The number of hydrogen-bond donors (Lipinski definition) is 0. The minimum absolute atomic E-state index is 0.392. The molecule has 19 heavy (non-hydrogen) atoms. The van der Waals surface area contributed by atoms with Crippen molar-refractivity contribution < 1.29 is 4.79 Å². The van der Waals surface area contributed by atoms with Crippen molar-refractivity contribution in [2.24, 2.45) is 0 Å². The smallest absolute Gasteiger partial charge is 0.137 e. The summed E-state index contributed by atoms with van der Waals surface area (Å²) in [6, 6.07) is 13.1. The number of ketones is 1. The van der Waals surface area contributed by atoms with Gasteiger partial charge in [0.05, 0.1) is 0 Å². The van der Waals surface area contributed by atoms with Gasteiger partial charge in [0.25, 0.3) is 0 Å². The molecule has 2 aliphatic carbocycles. The van der Waals surface area contributed by atoms with Gasteiger partial charge < -0.3 is 0 Å². The molecule has 0 unspecified atom stereocenters. The zero-order chi connectivity index (χ0) is 12.8. The van der Waals surface area contributed by atoms with E-state index in [1.807, 2.05) is 0 Å². The summed E-state index contributed by atoms with van der Waals surface area (Å²) in [4.78, 5) is 11.6. The molecule has 0 spiro atoms. The molecule has 0 bridgehead atoms. The lowest BCUT2D eigenvalue weighted by Gasteiger charge is -2.26. The molecule has 0 N–H and O–H groups in total. The Morgan fingerprint density at radius 2 is 1.53 bits per heavy atom. The second-order valence-corrected chi connectivity index (χ2v) is 5.60. The lowest BCUT2D eigenvalue weighted by molar-refractivity contribution is -0.118. The highest BCUT2D eigenvalue weighted by atomic mass is 16.1. The van der Waals surface area contributed by atoms with Gasteiger partial charge in [0.2, 0.25) is 0 Å². The first-order chi connectivity index (χ1) is 9.33. The van der Waals surface area contributed by atoms with E-state index in [2.05, 4.69) is 36.4 Å². The molecule has 2 aromatic rings. The maximum absolute atomic E-state index is 11.6. The van der Waals surface area contributed by atoms with Crippen molar-refractivity contribution in [1.82, 2.24) is 0 Å². The van der Waals surface area contributed by atoms with Gasteiger partial charge in [-0.3, -0.25) is 4.79 Å². The summed E-state index contributed by atoms with van der Waals surface area (Å²) in [5, 5.41) is 0. The molecule has 0 atom stereocenters. The molecule has 0 saturated carbocycles. The zero-order valence-electron chi connectivity index (χ0n) is 10.9. The molecule has 2 aliphatic rings. The normalized spacial score (nSPS) is 16.5. The van der Waals surface area contributed by atoms with Gasteiger partial charge in [-0.1, -0.05) is 36.4 Å². The van der Waals surface area contributed by atoms with Crippen LogP contribution in [-0.2, 0) is 30.5 Å². The highest BCUT2D eigenvalue weighted by Crippen LogP contribution is 2.38. The van der Waals surface area contributed by atoms with Crippen LogP contribution in [0, 0.1) is 0 Å². The first kappa shape index (κ1) is 11.0. The van der Waals surface area contributed by atoms with E-state index in [9.17, 15) is 4.79 Å². The Bertz CT molecular complexity index is 682. The Balaban J connectivity index is 1.93. The van der Waals surface area contributed by atoms with Crippen LogP contribution < -0.4 is 0 Å². The van der Waals surface area contributed by atoms with E-state index >= 15 is 0 Å². The Morgan fingerprint density at radius 1 is 0.684 bits per heavy atom. The molecule has 2 aromatic carbocycles. The van der Waals surface area contributed by atoms with E-state index < -0.39 is 0 Å². The van der Waals surface area contributed by atoms with Crippen LogP contribution in [-0.4, -0.2) is 5.78 Å². The monoisotopic (exact) mass is 248 g/mol. The maximum Gasteiger partial charge on any atom is 0.137 e. The van der Waals surface area contributed by atoms with Crippen LogP contribution >= 0.6 is 0 Å². The lowest BCUT2D eigenvalue weighted by Crippen LogP contribution is -2.17. The number of rotatable bonds is 0. The third-order valence-electron chi connectivity index (χ3n) is 4.52. The molecule has 0 aromatic heterocycles. The van der Waals surface area contributed by atoms with Gasteiger partial charge in [-0.15, -0.1) is 0 Å². The summed E-state index contributed by atoms with van der Waals surface area (Å²) in [5.41, 5.74) is 8.49. The van der Waals surface area contributed by atoms with E-state index in [1.54, 1.807) is 0 Å². The average molecular weight is 248 g/mol. The summed E-state index contributed by atoms with van der Waals surface area (Å²) in [6.45, 7) is 0. The summed E-state index contributed by atoms with van der Waals surface area (Å²) in [5.74, 6) is 0.392. The van der Waals surface area contributed by atoms with E-state index in [0.29, 0.717) is 12.2 Å². The van der Waals surface area contributed by atoms with Crippen molar-refractivity contribution in [2.75, 3.05) is 0 Å². The molecule has 0 radical (unpaired) electrons. The van der Waals surface area contributed by atoms with Crippen LogP contribution in [0.5, 0.6) is 0 Å². The number of carbonyl (C=O) groups excluding carboxylic acids is 1. The molecule has 94 valence electrons. The lowest BCUT2D eigenvalue weighted by atomic mass is 9.78. The van der Waals surface area contributed by atoms with Crippen LogP contribution in [0.15, 0.2) is 36.4 Å². The third-order valence-corrected chi connectivity index (χ3v) is 4.52. The Kier molecular flexibility index (Phi) is 2.34. The van der Waals surface area contributed by atoms with Gasteiger partial charge in [0.15, 0.2) is 0 Å². The Morgan fingerprint density at radius 3 is 2.47 bits per heavy atom. The summed E-state index contributed by atoms with van der Waals surface area (Å²) >= 11 is 0. The number of fused-ring (bicyclic) bond motifs is 5. The highest BCUT2D eigenvalue weighted by molar-refractivity contribution is 5.85. The molecule has 0 amide bonds. The predicted molar refractivity (Wildman–Crippen MR) is 76.3 cm³/mol. The molecule has 1 nitrogen and oxygen atoms in total. The summed E-state index contributed by atoms with van der Waals surface area (Å²) in [7, 11) is 0. The van der Waals surface area contributed by atoms with Gasteiger partial charge in [-0.05, 0) is 52.6 Å². The molecule has 0 aliphatic heterocycles. The van der Waals surface area contributed by atoms with Crippen molar-refractivity contribution in [3.05, 3.63) is 58.7 Å². The van der Waals surface area contributed by atoms with Crippen molar-refractivity contribution in [3.63, 3.8) is 0 Å². The Labute approximate surface area is 113 Å². The molecule has 1 heteroatoms. The van der Waals surface area contributed by atoms with E-state index in [0.717, 1.165) is 25.7 Å². The first-order valence-corrected chi connectivity index (χ1v) is 7.06. The molecule has 0 heterocycles. The number of aryl methyl sites for hydroxylation is 1. The molecular formula is C18H16O. The van der Waals surface area contributed by atoms with E-state index in [1.165, 1.54) is 33.4 Å². The van der Waals surface area contributed by atoms with Gasteiger partial charge in [0, 0.05) is 12.8 Å². The standard InChI is InChI=1S/C18H16O/c19-14-7-10-16-13(11-14)6-9-17-15-4-2-1-3-12(15)5-8-18(16)17/h1-4,6,9H,5,7-8,10-11H2. The molecule has 0 fully saturated rings. The highest BCUT2D eigenvalue weighted by Gasteiger charge is 2.23. The fourth-order valence-electron chi connectivity index (χ4n) is 3.58. The summed E-state index contributed by atoms with van der Waals surface area (Å²) < 4.78 is 0. The van der Waals surface area contributed by atoms with Gasteiger partial charge in [-0.25, -0.2) is 0 Å². The number of benzene rings is 2. The third kappa shape index (κ3) is 1.65. The quantitative estimate of drug-likeness (QED) is 0.697. The number of Topliss-reactive ketones (excluding diaryl/α,β-unsaturated/α-hetero) is 1. The van der Waals surface area contributed by atoms with Crippen molar-refractivity contribution >= 4 is 5.78 Å². The number of hydrogen-bond acceptors (Lipinski definition) is 1. The Hall–Kier alpha value is -1.89. The van der Waals surface area contributed by atoms with Crippen LogP contribution in [0.4, 0.5) is 0 Å². The minimum Gasteiger partial charge on any atom is -0.299 e. The van der Waals surface area contributed by atoms with E-state index in [4.69, 9.17) is 0 Å². The zero-order valence-corrected chi connectivity index (χ0v) is 10.9. The van der Waals surface area contributed by atoms with Crippen molar-refractivity contribution in [1.29, 1.82) is 0 Å². The van der Waals surface area contributed by atoms with E-state index in [-0.39, 0.29) is 0 Å². The second kappa shape index (κ2) is 4.06. The largest absolute Gasteiger partial charge is 0.299 e. The molecule has 4 rings (SSSR count). The van der Waals surface area contributed by atoms with Crippen LogP contribution in [0.1, 0.15) is 28.7 Å². The van der Waals surface area contributed by atoms with Crippen molar-refractivity contribution in [2.45, 2.75) is 32.1 Å². The molecule has 0 saturated heterocycles. The minimum atomic E-state index is 0.392. The SMILES string of the molecule is O=C1CCc2c(ccc3c2CCc2ccccc2-3)C1. The van der Waals surface area contributed by atoms with Crippen LogP contribution in [0.3, 0.4) is 0 Å². The average Bonchev–Trinajstić information content (AvgIpc) is 2.46. The van der Waals surface area contributed by atoms with Gasteiger partial charge in [0.1, 0.15) is 5.78 Å². The predicted octanol–water partition coefficient (Wildman–Crippen LogP) is 3.51. The van der Waals surface area contributed by atoms with Crippen LogP contribution in [0.25, 0.3) is 11.1 Å². The summed E-state index contributed by atoms with van der Waals surface area (Å²) in [6.07, 6.45) is 4.58. The second-order valence-electron chi connectivity index (χ2n) is 5.60. The van der Waals surface area contributed by atoms with Crippen molar-refractivity contribution in [3.8, 4) is 11.1 Å². The van der Waals surface area contributed by atoms with Gasteiger partial charge in [-0.2, -0.15) is 0 Å².